The fourth-order valence-electron chi connectivity index (χ4n) is 1.18. The molecule has 0 atom stereocenters. The molecule has 0 aromatic carbocycles. The Morgan fingerprint density at radius 2 is 2.19 bits per heavy atom. The molecule has 0 radical (unpaired) electrons. The van der Waals surface area contributed by atoms with Crippen LogP contribution in [0.25, 0.3) is 0 Å². The third kappa shape index (κ3) is 1.96. The van der Waals surface area contributed by atoms with E-state index >= 15 is 0 Å². The van der Waals surface area contributed by atoms with Crippen molar-refractivity contribution in [3.05, 3.63) is 11.9 Å². The lowest BCUT2D eigenvalue weighted by Crippen LogP contribution is -2.00. The first-order valence-corrected chi connectivity index (χ1v) is 5.43. The van der Waals surface area contributed by atoms with Gasteiger partial charge in [0, 0.05) is 19.7 Å². The SMILES string of the molecule is CNc1ncnc(Sc2nnnn2C)c1C. The van der Waals surface area contributed by atoms with Gasteiger partial charge in [-0.05, 0) is 29.1 Å². The van der Waals surface area contributed by atoms with Crippen LogP contribution in [-0.2, 0) is 7.05 Å². The van der Waals surface area contributed by atoms with Crippen molar-refractivity contribution in [3.8, 4) is 0 Å². The van der Waals surface area contributed by atoms with Crippen LogP contribution >= 0.6 is 11.8 Å². The second-order valence-corrected chi connectivity index (χ2v) is 4.05. The van der Waals surface area contributed by atoms with Crippen molar-refractivity contribution in [2.45, 2.75) is 17.1 Å². The molecule has 0 aliphatic rings. The molecule has 2 rings (SSSR count). The maximum atomic E-state index is 4.21. The fraction of sp³-hybridized carbons (Fsp3) is 0.375. The van der Waals surface area contributed by atoms with Crippen molar-refractivity contribution in [2.24, 2.45) is 7.05 Å². The van der Waals surface area contributed by atoms with Crippen molar-refractivity contribution in [3.63, 3.8) is 0 Å². The highest BCUT2D eigenvalue weighted by atomic mass is 32.2. The van der Waals surface area contributed by atoms with Gasteiger partial charge in [-0.15, -0.1) is 5.10 Å². The summed E-state index contributed by atoms with van der Waals surface area (Å²) in [5.74, 6) is 0.813. The van der Waals surface area contributed by atoms with E-state index in [0.29, 0.717) is 5.16 Å². The molecule has 0 aliphatic carbocycles. The van der Waals surface area contributed by atoms with Gasteiger partial charge in [0.1, 0.15) is 17.2 Å². The van der Waals surface area contributed by atoms with Crippen LogP contribution in [0, 0.1) is 6.92 Å². The predicted molar refractivity (Wildman–Crippen MR) is 59.2 cm³/mol. The minimum absolute atomic E-state index is 0.698. The van der Waals surface area contributed by atoms with Crippen molar-refractivity contribution in [2.75, 3.05) is 12.4 Å². The van der Waals surface area contributed by atoms with Crippen LogP contribution in [0.1, 0.15) is 5.56 Å². The maximum Gasteiger partial charge on any atom is 0.215 e. The molecule has 0 fully saturated rings. The first kappa shape index (κ1) is 10.8. The van der Waals surface area contributed by atoms with E-state index in [1.165, 1.54) is 18.1 Å². The number of rotatable bonds is 3. The van der Waals surface area contributed by atoms with Gasteiger partial charge in [0.05, 0.1) is 0 Å². The summed E-state index contributed by atoms with van der Waals surface area (Å²) < 4.78 is 1.60. The zero-order chi connectivity index (χ0) is 11.5. The average Bonchev–Trinajstić information content (AvgIpc) is 2.68. The minimum Gasteiger partial charge on any atom is -0.373 e. The van der Waals surface area contributed by atoms with Crippen molar-refractivity contribution in [1.82, 2.24) is 30.2 Å². The van der Waals surface area contributed by atoms with Gasteiger partial charge in [0.2, 0.25) is 5.16 Å². The summed E-state index contributed by atoms with van der Waals surface area (Å²) in [5.41, 5.74) is 0.984. The van der Waals surface area contributed by atoms with Crippen LogP contribution in [0.15, 0.2) is 16.5 Å². The van der Waals surface area contributed by atoms with Gasteiger partial charge < -0.3 is 5.32 Å². The van der Waals surface area contributed by atoms with Crippen LogP contribution in [-0.4, -0.2) is 37.2 Å². The Labute approximate surface area is 96.7 Å². The van der Waals surface area contributed by atoms with E-state index in [1.807, 2.05) is 14.0 Å². The van der Waals surface area contributed by atoms with Crippen LogP contribution in [0.2, 0.25) is 0 Å². The molecule has 0 saturated carbocycles. The molecule has 8 heteroatoms. The average molecular weight is 237 g/mol. The molecule has 0 aliphatic heterocycles. The smallest absolute Gasteiger partial charge is 0.215 e. The quantitative estimate of drug-likeness (QED) is 0.778. The maximum absolute atomic E-state index is 4.21. The molecule has 84 valence electrons. The second kappa shape index (κ2) is 4.44. The zero-order valence-corrected chi connectivity index (χ0v) is 9.99. The Hall–Kier alpha value is -1.70. The van der Waals surface area contributed by atoms with Crippen LogP contribution < -0.4 is 5.32 Å². The number of tetrazole rings is 1. The minimum atomic E-state index is 0.698. The number of aryl methyl sites for hydroxylation is 1. The normalized spacial score (nSPS) is 10.4. The first-order chi connectivity index (χ1) is 7.72. The Bertz CT molecular complexity index is 495. The van der Waals surface area contributed by atoms with Crippen LogP contribution in [0.4, 0.5) is 5.82 Å². The van der Waals surface area contributed by atoms with Gasteiger partial charge in [-0.3, -0.25) is 0 Å². The highest BCUT2D eigenvalue weighted by Crippen LogP contribution is 2.28. The molecule has 2 aromatic heterocycles. The molecule has 2 aromatic rings. The summed E-state index contributed by atoms with van der Waals surface area (Å²) in [6.07, 6.45) is 1.52. The van der Waals surface area contributed by atoms with Crippen LogP contribution in [0.5, 0.6) is 0 Å². The molecule has 1 N–H and O–H groups in total. The highest BCUT2D eigenvalue weighted by molar-refractivity contribution is 7.99. The summed E-state index contributed by atoms with van der Waals surface area (Å²) >= 11 is 1.41. The number of hydrogen-bond acceptors (Lipinski definition) is 7. The zero-order valence-electron chi connectivity index (χ0n) is 9.17. The van der Waals surface area contributed by atoms with Gasteiger partial charge in [-0.2, -0.15) is 0 Å². The Morgan fingerprint density at radius 3 is 2.81 bits per heavy atom. The van der Waals surface area contributed by atoms with E-state index in [0.717, 1.165) is 16.4 Å². The molecule has 0 spiro atoms. The third-order valence-corrected chi connectivity index (χ3v) is 3.18. The molecule has 16 heavy (non-hydrogen) atoms. The number of aromatic nitrogens is 6. The molecule has 7 nitrogen and oxygen atoms in total. The van der Waals surface area contributed by atoms with Gasteiger partial charge in [-0.25, -0.2) is 14.6 Å². The Morgan fingerprint density at radius 1 is 1.38 bits per heavy atom. The second-order valence-electron chi connectivity index (χ2n) is 3.09. The lowest BCUT2D eigenvalue weighted by molar-refractivity contribution is 0.664. The van der Waals surface area contributed by atoms with Crippen LogP contribution in [0.3, 0.4) is 0 Å². The van der Waals surface area contributed by atoms with Crippen molar-refractivity contribution in [1.29, 1.82) is 0 Å². The van der Waals surface area contributed by atoms with Gasteiger partial charge in [0.25, 0.3) is 0 Å². The summed E-state index contributed by atoms with van der Waals surface area (Å²) in [7, 11) is 3.62. The molecule has 0 amide bonds. The topological polar surface area (TPSA) is 81.4 Å². The summed E-state index contributed by atoms with van der Waals surface area (Å²) in [5, 5.41) is 15.8. The fourth-order valence-corrected chi connectivity index (χ4v) is 1.95. The Kier molecular flexibility index (Phi) is 3.00. The third-order valence-electron chi connectivity index (χ3n) is 2.04. The standard InChI is InChI=1S/C8H11N7S/c1-5-6(9-2)10-4-11-7(5)16-8-12-13-14-15(8)3/h4H,1-3H3,(H,9,10,11). The van der Waals surface area contributed by atoms with E-state index in [-0.39, 0.29) is 0 Å². The first-order valence-electron chi connectivity index (χ1n) is 4.62. The molecular formula is C8H11N7S. The number of hydrogen-bond donors (Lipinski definition) is 1. The van der Waals surface area contributed by atoms with E-state index in [1.54, 1.807) is 11.7 Å². The van der Waals surface area contributed by atoms with E-state index in [9.17, 15) is 0 Å². The largest absolute Gasteiger partial charge is 0.373 e. The molecule has 2 heterocycles. The summed E-state index contributed by atoms with van der Waals surface area (Å²) in [4.78, 5) is 8.32. The van der Waals surface area contributed by atoms with Gasteiger partial charge >= 0.3 is 0 Å². The molecule has 0 unspecified atom stereocenters. The van der Waals surface area contributed by atoms with Crippen molar-refractivity contribution >= 4 is 17.6 Å². The molecular weight excluding hydrogens is 226 g/mol. The summed E-state index contributed by atoms with van der Waals surface area (Å²) in [6.45, 7) is 1.96. The molecule has 0 saturated heterocycles. The molecule has 0 bridgehead atoms. The Balaban J connectivity index is 2.32. The number of anilines is 1. The number of nitrogens with zero attached hydrogens (tertiary/aromatic N) is 6. The van der Waals surface area contributed by atoms with Crippen molar-refractivity contribution < 1.29 is 0 Å². The summed E-state index contributed by atoms with van der Waals surface area (Å²) in [6, 6.07) is 0. The van der Waals surface area contributed by atoms with E-state index in [4.69, 9.17) is 0 Å². The van der Waals surface area contributed by atoms with Gasteiger partial charge in [0.15, 0.2) is 0 Å². The monoisotopic (exact) mass is 237 g/mol. The number of nitrogens with one attached hydrogen (secondary N) is 1. The lowest BCUT2D eigenvalue weighted by atomic mass is 10.3. The predicted octanol–water partition coefficient (Wildman–Crippen LogP) is 0.501. The van der Waals surface area contributed by atoms with E-state index < -0.39 is 0 Å². The highest BCUT2D eigenvalue weighted by Gasteiger charge is 2.11. The lowest BCUT2D eigenvalue weighted by Gasteiger charge is -2.06. The van der Waals surface area contributed by atoms with E-state index in [2.05, 4.69) is 30.8 Å². The van der Waals surface area contributed by atoms with Gasteiger partial charge in [-0.1, -0.05) is 0 Å².